The molecule has 1 atom stereocenters. The van der Waals surface area contributed by atoms with Crippen LogP contribution in [-0.2, 0) is 0 Å². The first-order chi connectivity index (χ1) is 7.93. The molecule has 0 saturated carbocycles. The summed E-state index contributed by atoms with van der Waals surface area (Å²) in [4.78, 5) is 8.35. The summed E-state index contributed by atoms with van der Waals surface area (Å²) in [7, 11) is 2.22. The van der Waals surface area contributed by atoms with Gasteiger partial charge in [-0.15, -0.1) is 0 Å². The molecule has 1 aliphatic heterocycles. The first kappa shape index (κ1) is 9.59. The zero-order chi connectivity index (χ0) is 10.8. The number of fused-ring (bicyclic) bond motifs is 1. The van der Waals surface area contributed by atoms with Crippen LogP contribution in [0, 0.1) is 0 Å². The second-order valence-corrected chi connectivity index (χ2v) is 3.83. The van der Waals surface area contributed by atoms with E-state index in [1.807, 2.05) is 0 Å². The summed E-state index contributed by atoms with van der Waals surface area (Å²) in [5.74, 6) is 1.22. The van der Waals surface area contributed by atoms with Crippen LogP contribution in [0.3, 0.4) is 0 Å². The quantitative estimate of drug-likeness (QED) is 0.602. The molecule has 1 fully saturated rings. The summed E-state index contributed by atoms with van der Waals surface area (Å²) in [6.07, 6.45) is 5.31. The predicted octanol–water partition coefficient (Wildman–Crippen LogP) is -0.254. The van der Waals surface area contributed by atoms with E-state index in [9.17, 15) is 0 Å². The Morgan fingerprint density at radius 2 is 2.44 bits per heavy atom. The van der Waals surface area contributed by atoms with Gasteiger partial charge in [-0.25, -0.2) is 9.97 Å². The van der Waals surface area contributed by atoms with Crippen molar-refractivity contribution in [3.63, 3.8) is 0 Å². The summed E-state index contributed by atoms with van der Waals surface area (Å²) < 4.78 is 0. The van der Waals surface area contributed by atoms with Crippen molar-refractivity contribution >= 4 is 24.1 Å². The van der Waals surface area contributed by atoms with E-state index in [0.29, 0.717) is 5.94 Å². The van der Waals surface area contributed by atoms with Gasteiger partial charge in [0.2, 0.25) is 0 Å². The van der Waals surface area contributed by atoms with Crippen molar-refractivity contribution < 1.29 is 0 Å². The summed E-state index contributed by atoms with van der Waals surface area (Å²) in [5.41, 5.74) is 0.770. The predicted molar refractivity (Wildman–Crippen MR) is 62.3 cm³/mol. The monoisotopic (exact) mass is 215 g/mol. The number of aromatic amines is 1. The molecule has 3 heterocycles. The molecule has 1 unspecified atom stereocenters. The molecule has 16 heavy (non-hydrogen) atoms. The van der Waals surface area contributed by atoms with Crippen LogP contribution in [0.1, 0.15) is 6.42 Å². The maximum Gasteiger partial charge on any atom is 0.160 e. The van der Waals surface area contributed by atoms with Crippen LogP contribution in [0.25, 0.3) is 11.0 Å². The lowest BCUT2D eigenvalue weighted by molar-refractivity contribution is 0.662. The Balaban J connectivity index is 1.85. The normalized spacial score (nSPS) is 20.6. The minimum atomic E-state index is 0.370. The Morgan fingerprint density at radius 3 is 3.31 bits per heavy atom. The highest BCUT2D eigenvalue weighted by molar-refractivity contribution is 6.39. The third-order valence-corrected chi connectivity index (χ3v) is 2.75. The van der Waals surface area contributed by atoms with E-state index < -0.39 is 0 Å². The maximum absolute atomic E-state index is 4.25. The van der Waals surface area contributed by atoms with Crippen molar-refractivity contribution in [2.75, 3.05) is 18.3 Å². The molecule has 2 aromatic rings. The first-order valence-electron chi connectivity index (χ1n) is 5.38. The Kier molecular flexibility index (Phi) is 2.45. The van der Waals surface area contributed by atoms with E-state index in [2.05, 4.69) is 38.1 Å². The topological polar surface area (TPSA) is 78.5 Å². The van der Waals surface area contributed by atoms with Crippen molar-refractivity contribution in [1.29, 1.82) is 0 Å². The molecule has 2 aromatic heterocycles. The van der Waals surface area contributed by atoms with E-state index in [0.717, 1.165) is 36.3 Å². The molecule has 81 valence electrons. The number of H-pyrrole nitrogens is 1. The van der Waals surface area contributed by atoms with Crippen LogP contribution in [0.4, 0.5) is 5.82 Å². The molecule has 0 spiro atoms. The van der Waals surface area contributed by atoms with Gasteiger partial charge in [0.1, 0.15) is 12.1 Å². The molecule has 3 N–H and O–H groups in total. The number of aromatic nitrogens is 4. The Bertz CT molecular complexity index is 478. The van der Waals surface area contributed by atoms with Gasteiger partial charge in [-0.05, 0) is 25.4 Å². The molecule has 3 rings (SSSR count). The summed E-state index contributed by atoms with van der Waals surface area (Å²) in [6.45, 7) is 1.04. The molecule has 0 aromatic carbocycles. The second-order valence-electron chi connectivity index (χ2n) is 3.83. The number of nitrogens with zero attached hydrogens (tertiary/aromatic N) is 3. The summed E-state index contributed by atoms with van der Waals surface area (Å²) >= 11 is 0. The number of rotatable bonds is 2. The van der Waals surface area contributed by atoms with Crippen molar-refractivity contribution in [3.05, 3.63) is 12.5 Å². The average molecular weight is 215 g/mol. The maximum atomic E-state index is 4.25. The number of hydrogen-bond donors (Lipinski definition) is 3. The highest BCUT2D eigenvalue weighted by Gasteiger charge is 2.15. The van der Waals surface area contributed by atoms with Crippen LogP contribution in [0.5, 0.6) is 0 Å². The summed E-state index contributed by atoms with van der Waals surface area (Å²) in [6, 6.07) is 0. The van der Waals surface area contributed by atoms with Gasteiger partial charge in [-0.3, -0.25) is 5.10 Å². The molecule has 1 radical (unpaired) electrons. The molecular weight excluding hydrogens is 203 g/mol. The molecule has 7 heteroatoms. The number of nitrogens with one attached hydrogen (secondary N) is 3. The number of anilines is 1. The van der Waals surface area contributed by atoms with Crippen LogP contribution >= 0.6 is 0 Å². The lowest BCUT2D eigenvalue weighted by Crippen LogP contribution is -2.42. The van der Waals surface area contributed by atoms with E-state index >= 15 is 0 Å². The minimum absolute atomic E-state index is 0.370. The third-order valence-electron chi connectivity index (χ3n) is 2.75. The van der Waals surface area contributed by atoms with Crippen LogP contribution in [-0.4, -0.2) is 46.4 Å². The Labute approximate surface area is 93.5 Å². The SMILES string of the molecule is [B]1CNCCC1Nc1ncnc2[nH]ncc12. The molecule has 0 aliphatic carbocycles. The summed E-state index contributed by atoms with van der Waals surface area (Å²) in [5, 5.41) is 14.4. The minimum Gasteiger partial charge on any atom is -0.375 e. The Morgan fingerprint density at radius 1 is 1.44 bits per heavy atom. The lowest BCUT2D eigenvalue weighted by Gasteiger charge is -2.23. The standard InChI is InChI=1S/C9H12BN6/c1-2-11-4-10-7(1)15-8-6-3-14-16-9(6)13-5-12-8/h3,5,7,11H,1-2,4H2,(H2,12,13,14,15,16). The second kappa shape index (κ2) is 4.09. The van der Waals surface area contributed by atoms with Crippen molar-refractivity contribution in [3.8, 4) is 0 Å². The zero-order valence-electron chi connectivity index (χ0n) is 8.77. The third kappa shape index (κ3) is 1.74. The van der Waals surface area contributed by atoms with Gasteiger partial charge < -0.3 is 10.6 Å². The van der Waals surface area contributed by atoms with E-state index in [-0.39, 0.29) is 0 Å². The van der Waals surface area contributed by atoms with Crippen LogP contribution in [0.15, 0.2) is 12.5 Å². The first-order valence-corrected chi connectivity index (χ1v) is 5.38. The van der Waals surface area contributed by atoms with Gasteiger partial charge in [0.25, 0.3) is 0 Å². The van der Waals surface area contributed by atoms with Gasteiger partial charge >= 0.3 is 0 Å². The van der Waals surface area contributed by atoms with E-state index in [1.54, 1.807) is 12.5 Å². The molecule has 1 saturated heterocycles. The zero-order valence-corrected chi connectivity index (χ0v) is 8.77. The molecule has 1 aliphatic rings. The van der Waals surface area contributed by atoms with E-state index in [4.69, 9.17) is 0 Å². The molecular formula is C9H12BN6. The van der Waals surface area contributed by atoms with Gasteiger partial charge in [0, 0.05) is 0 Å². The smallest absolute Gasteiger partial charge is 0.160 e. The highest BCUT2D eigenvalue weighted by atomic mass is 15.2. The lowest BCUT2D eigenvalue weighted by atomic mass is 9.66. The van der Waals surface area contributed by atoms with Crippen LogP contribution < -0.4 is 10.6 Å². The van der Waals surface area contributed by atoms with Crippen molar-refractivity contribution in [2.45, 2.75) is 12.4 Å². The van der Waals surface area contributed by atoms with Crippen molar-refractivity contribution in [1.82, 2.24) is 25.5 Å². The average Bonchev–Trinajstić information content (AvgIpc) is 2.80. The largest absolute Gasteiger partial charge is 0.375 e. The molecule has 0 amide bonds. The van der Waals surface area contributed by atoms with Crippen LogP contribution in [0.2, 0.25) is 0 Å². The highest BCUT2D eigenvalue weighted by Crippen LogP contribution is 2.17. The van der Waals surface area contributed by atoms with Gasteiger partial charge in [-0.1, -0.05) is 0 Å². The molecule has 6 nitrogen and oxygen atoms in total. The van der Waals surface area contributed by atoms with Crippen molar-refractivity contribution in [2.24, 2.45) is 0 Å². The van der Waals surface area contributed by atoms with E-state index in [1.165, 1.54) is 0 Å². The fraction of sp³-hybridized carbons (Fsp3) is 0.444. The Hall–Kier alpha value is -1.63. The van der Waals surface area contributed by atoms with Gasteiger partial charge in [0.15, 0.2) is 12.9 Å². The van der Waals surface area contributed by atoms with Gasteiger partial charge in [-0.2, -0.15) is 5.10 Å². The number of hydrogen-bond acceptors (Lipinski definition) is 5. The molecule has 0 bridgehead atoms. The van der Waals surface area contributed by atoms with Gasteiger partial charge in [0.05, 0.1) is 11.6 Å². The fourth-order valence-corrected chi connectivity index (χ4v) is 1.89. The fourth-order valence-electron chi connectivity index (χ4n) is 1.89.